The van der Waals surface area contributed by atoms with Crippen molar-refractivity contribution in [2.75, 3.05) is 0 Å². The third kappa shape index (κ3) is 6.55. The highest BCUT2D eigenvalue weighted by molar-refractivity contribution is 5.97. The van der Waals surface area contributed by atoms with Gasteiger partial charge in [-0.3, -0.25) is 4.79 Å². The molecule has 0 N–H and O–H groups in total. The largest absolute Gasteiger partial charge is 0.294 e. The number of nitriles is 1. The molecule has 0 heterocycles. The van der Waals surface area contributed by atoms with Crippen molar-refractivity contribution >= 4 is 5.78 Å². The van der Waals surface area contributed by atoms with Crippen LogP contribution in [-0.4, -0.2) is 5.78 Å². The minimum Gasteiger partial charge on any atom is -0.294 e. The van der Waals surface area contributed by atoms with Crippen LogP contribution < -0.4 is 0 Å². The molecule has 0 amide bonds. The molecule has 0 radical (unpaired) electrons. The van der Waals surface area contributed by atoms with E-state index in [9.17, 15) is 4.79 Å². The lowest BCUT2D eigenvalue weighted by atomic mass is 9.99. The number of carbonyl (C=O) groups excluding carboxylic acids is 1. The van der Waals surface area contributed by atoms with E-state index in [1.807, 2.05) is 24.3 Å². The molecule has 0 fully saturated rings. The van der Waals surface area contributed by atoms with Gasteiger partial charge in [0.25, 0.3) is 0 Å². The molecule has 2 aromatic rings. The number of carbonyl (C=O) groups is 1. The van der Waals surface area contributed by atoms with Gasteiger partial charge in [-0.25, -0.2) is 0 Å². The molecule has 0 unspecified atom stereocenters. The van der Waals surface area contributed by atoms with Crippen LogP contribution in [0.15, 0.2) is 48.5 Å². The fourth-order valence-electron chi connectivity index (χ4n) is 3.01. The number of hydrogen-bond acceptors (Lipinski definition) is 2. The molecule has 0 spiro atoms. The van der Waals surface area contributed by atoms with Gasteiger partial charge < -0.3 is 0 Å². The minimum atomic E-state index is 0.0983. The number of unbranched alkanes of at least 4 members (excludes halogenated alkanes) is 5. The SMILES string of the molecule is CCCCCCCCc1ccc(C(=O)Cc2cccc(C#N)c2)cc1. The summed E-state index contributed by atoms with van der Waals surface area (Å²) in [5.41, 5.74) is 3.53. The van der Waals surface area contributed by atoms with Gasteiger partial charge in [-0.1, -0.05) is 75.4 Å². The quantitative estimate of drug-likeness (QED) is 0.402. The predicted octanol–water partition coefficient (Wildman–Crippen LogP) is 5.89. The maximum atomic E-state index is 12.4. The fraction of sp³-hybridized carbons (Fsp3) is 0.391. The molecule has 0 bridgehead atoms. The van der Waals surface area contributed by atoms with Crippen LogP contribution in [0.5, 0.6) is 0 Å². The molecule has 2 nitrogen and oxygen atoms in total. The van der Waals surface area contributed by atoms with Crippen molar-refractivity contribution in [3.05, 3.63) is 70.8 Å². The van der Waals surface area contributed by atoms with Crippen molar-refractivity contribution < 1.29 is 4.79 Å². The van der Waals surface area contributed by atoms with Crippen molar-refractivity contribution in [3.63, 3.8) is 0 Å². The number of rotatable bonds is 10. The third-order valence-corrected chi connectivity index (χ3v) is 4.52. The highest BCUT2D eigenvalue weighted by atomic mass is 16.1. The summed E-state index contributed by atoms with van der Waals surface area (Å²) in [4.78, 5) is 12.4. The molecular formula is C23H27NO. The Kier molecular flexibility index (Phi) is 7.92. The zero-order valence-electron chi connectivity index (χ0n) is 15.1. The maximum Gasteiger partial charge on any atom is 0.167 e. The van der Waals surface area contributed by atoms with Crippen LogP contribution in [0.4, 0.5) is 0 Å². The van der Waals surface area contributed by atoms with Gasteiger partial charge in [-0.15, -0.1) is 0 Å². The Labute approximate surface area is 151 Å². The molecule has 0 saturated carbocycles. The van der Waals surface area contributed by atoms with Crippen molar-refractivity contribution in [3.8, 4) is 6.07 Å². The van der Waals surface area contributed by atoms with Crippen LogP contribution in [0.25, 0.3) is 0 Å². The van der Waals surface area contributed by atoms with Gasteiger partial charge in [-0.05, 0) is 36.1 Å². The van der Waals surface area contributed by atoms with Crippen LogP contribution >= 0.6 is 0 Å². The average molecular weight is 333 g/mol. The normalized spacial score (nSPS) is 10.4. The summed E-state index contributed by atoms with van der Waals surface area (Å²) in [6.45, 7) is 2.24. The third-order valence-electron chi connectivity index (χ3n) is 4.52. The first-order valence-corrected chi connectivity index (χ1v) is 9.34. The molecule has 2 heteroatoms. The number of ketones is 1. The molecular weight excluding hydrogens is 306 g/mol. The van der Waals surface area contributed by atoms with Gasteiger partial charge >= 0.3 is 0 Å². The summed E-state index contributed by atoms with van der Waals surface area (Å²) in [6.07, 6.45) is 9.23. The number of Topliss-reactive ketones (excluding diaryl/α,β-unsaturated/α-hetero) is 1. The first-order valence-electron chi connectivity index (χ1n) is 9.34. The topological polar surface area (TPSA) is 40.9 Å². The second kappa shape index (κ2) is 10.5. The lowest BCUT2D eigenvalue weighted by molar-refractivity contribution is 0.0993. The fourth-order valence-corrected chi connectivity index (χ4v) is 3.01. The first kappa shape index (κ1) is 18.9. The van der Waals surface area contributed by atoms with Crippen molar-refractivity contribution in [2.45, 2.75) is 58.3 Å². The predicted molar refractivity (Wildman–Crippen MR) is 103 cm³/mol. The molecule has 2 aromatic carbocycles. The van der Waals surface area contributed by atoms with Gasteiger partial charge in [0.15, 0.2) is 5.78 Å². The van der Waals surface area contributed by atoms with Crippen LogP contribution in [0.2, 0.25) is 0 Å². The minimum absolute atomic E-state index is 0.0983. The van der Waals surface area contributed by atoms with Crippen molar-refractivity contribution in [1.82, 2.24) is 0 Å². The molecule has 0 aromatic heterocycles. The van der Waals surface area contributed by atoms with E-state index in [0.717, 1.165) is 17.5 Å². The van der Waals surface area contributed by atoms with Crippen molar-refractivity contribution in [2.24, 2.45) is 0 Å². The Morgan fingerprint density at radius 1 is 0.920 bits per heavy atom. The highest BCUT2D eigenvalue weighted by Crippen LogP contribution is 2.13. The molecule has 130 valence electrons. The highest BCUT2D eigenvalue weighted by Gasteiger charge is 2.07. The number of benzene rings is 2. The molecule has 2 rings (SSSR count). The Morgan fingerprint density at radius 2 is 1.64 bits per heavy atom. The smallest absolute Gasteiger partial charge is 0.167 e. The van der Waals surface area contributed by atoms with E-state index in [-0.39, 0.29) is 5.78 Å². The molecule has 25 heavy (non-hydrogen) atoms. The second-order valence-electron chi connectivity index (χ2n) is 6.63. The Hall–Kier alpha value is -2.40. The summed E-state index contributed by atoms with van der Waals surface area (Å²) in [6, 6.07) is 17.4. The van der Waals surface area contributed by atoms with E-state index >= 15 is 0 Å². The van der Waals surface area contributed by atoms with Crippen LogP contribution in [-0.2, 0) is 12.8 Å². The second-order valence-corrected chi connectivity index (χ2v) is 6.63. The van der Waals surface area contributed by atoms with E-state index < -0.39 is 0 Å². The molecule has 0 aliphatic heterocycles. The average Bonchev–Trinajstić information content (AvgIpc) is 2.65. The lowest BCUT2D eigenvalue weighted by Gasteiger charge is -2.05. The van der Waals surface area contributed by atoms with Crippen LogP contribution in [0.3, 0.4) is 0 Å². The number of hydrogen-bond donors (Lipinski definition) is 0. The van der Waals surface area contributed by atoms with Gasteiger partial charge in [0.1, 0.15) is 0 Å². The van der Waals surface area contributed by atoms with Gasteiger partial charge in [-0.2, -0.15) is 5.26 Å². The number of nitrogens with zero attached hydrogens (tertiary/aromatic N) is 1. The van der Waals surface area contributed by atoms with E-state index in [4.69, 9.17) is 5.26 Å². The van der Waals surface area contributed by atoms with Gasteiger partial charge in [0, 0.05) is 12.0 Å². The summed E-state index contributed by atoms with van der Waals surface area (Å²) >= 11 is 0. The van der Waals surface area contributed by atoms with E-state index in [0.29, 0.717) is 12.0 Å². The van der Waals surface area contributed by atoms with E-state index in [1.54, 1.807) is 12.1 Å². The molecule has 0 saturated heterocycles. The summed E-state index contributed by atoms with van der Waals surface area (Å²) < 4.78 is 0. The monoisotopic (exact) mass is 333 g/mol. The Bertz CT molecular complexity index is 710. The van der Waals surface area contributed by atoms with Crippen LogP contribution in [0.1, 0.15) is 72.5 Å². The maximum absolute atomic E-state index is 12.4. The van der Waals surface area contributed by atoms with Crippen molar-refractivity contribution in [1.29, 1.82) is 5.26 Å². The standard InChI is InChI=1S/C23H27NO/c1-2-3-4-5-6-7-9-19-12-14-22(15-13-19)23(25)17-20-10-8-11-21(16-20)18-24/h8,10-16H,2-7,9,17H2,1H3. The lowest BCUT2D eigenvalue weighted by Crippen LogP contribution is -2.04. The Morgan fingerprint density at radius 3 is 2.36 bits per heavy atom. The molecule has 0 atom stereocenters. The van der Waals surface area contributed by atoms with E-state index in [1.165, 1.54) is 44.1 Å². The molecule has 0 aliphatic carbocycles. The van der Waals surface area contributed by atoms with E-state index in [2.05, 4.69) is 25.1 Å². The zero-order valence-corrected chi connectivity index (χ0v) is 15.1. The first-order chi connectivity index (χ1) is 12.2. The number of aryl methyl sites for hydroxylation is 1. The molecule has 0 aliphatic rings. The van der Waals surface area contributed by atoms with Gasteiger partial charge in [0.2, 0.25) is 0 Å². The Balaban J connectivity index is 1.82. The van der Waals surface area contributed by atoms with Crippen LogP contribution in [0, 0.1) is 11.3 Å². The summed E-state index contributed by atoms with van der Waals surface area (Å²) in [5.74, 6) is 0.0983. The van der Waals surface area contributed by atoms with Gasteiger partial charge in [0.05, 0.1) is 11.6 Å². The summed E-state index contributed by atoms with van der Waals surface area (Å²) in [5, 5.41) is 8.94. The zero-order chi connectivity index (χ0) is 17.9. The summed E-state index contributed by atoms with van der Waals surface area (Å²) in [7, 11) is 0.